The maximum atomic E-state index is 5.96. The zero-order chi connectivity index (χ0) is 13.2. The van der Waals surface area contributed by atoms with E-state index in [1.807, 2.05) is 34.9 Å². The molecule has 0 bridgehead atoms. The number of aryl methyl sites for hydroxylation is 2. The number of hydrogen-bond donors (Lipinski definition) is 1. The number of nitrogens with zero attached hydrogens (tertiary/aromatic N) is 2. The molecule has 0 aliphatic carbocycles. The van der Waals surface area contributed by atoms with Gasteiger partial charge in [0, 0.05) is 19.0 Å². The van der Waals surface area contributed by atoms with Crippen LogP contribution in [0.4, 0.5) is 5.95 Å². The number of methoxy groups -OCH3 is 1. The van der Waals surface area contributed by atoms with Crippen LogP contribution in [0.1, 0.15) is 5.76 Å². The molecule has 2 heterocycles. The number of ether oxygens (including phenoxy) is 1. The molecule has 0 aliphatic heterocycles. The average molecular weight is 257 g/mol. The van der Waals surface area contributed by atoms with E-state index in [1.165, 1.54) is 0 Å². The number of imidazole rings is 1. The van der Waals surface area contributed by atoms with E-state index in [0.717, 1.165) is 35.5 Å². The molecule has 19 heavy (non-hydrogen) atoms. The zero-order valence-electron chi connectivity index (χ0n) is 10.7. The maximum Gasteiger partial charge on any atom is 0.201 e. The van der Waals surface area contributed by atoms with Crippen LogP contribution in [-0.2, 0) is 13.0 Å². The summed E-state index contributed by atoms with van der Waals surface area (Å²) in [7, 11) is 1.64. The van der Waals surface area contributed by atoms with Gasteiger partial charge < -0.3 is 19.5 Å². The summed E-state index contributed by atoms with van der Waals surface area (Å²) >= 11 is 0. The van der Waals surface area contributed by atoms with E-state index in [-0.39, 0.29) is 0 Å². The van der Waals surface area contributed by atoms with Crippen LogP contribution in [0.25, 0.3) is 11.0 Å². The van der Waals surface area contributed by atoms with Crippen molar-refractivity contribution >= 4 is 17.0 Å². The first-order valence-corrected chi connectivity index (χ1v) is 6.10. The van der Waals surface area contributed by atoms with Gasteiger partial charge in [0.05, 0.1) is 24.4 Å². The molecule has 0 atom stereocenters. The summed E-state index contributed by atoms with van der Waals surface area (Å²) in [5.41, 5.74) is 7.81. The lowest BCUT2D eigenvalue weighted by molar-refractivity contribution is 0.415. The first-order chi connectivity index (χ1) is 9.28. The van der Waals surface area contributed by atoms with Crippen LogP contribution in [0.2, 0.25) is 0 Å². The molecule has 5 nitrogen and oxygen atoms in total. The molecule has 0 unspecified atom stereocenters. The van der Waals surface area contributed by atoms with Crippen molar-refractivity contribution in [1.29, 1.82) is 0 Å². The van der Waals surface area contributed by atoms with Gasteiger partial charge in [0.15, 0.2) is 0 Å². The number of anilines is 1. The van der Waals surface area contributed by atoms with E-state index >= 15 is 0 Å². The maximum absolute atomic E-state index is 5.96. The minimum atomic E-state index is 0.509. The van der Waals surface area contributed by atoms with Gasteiger partial charge in [-0.3, -0.25) is 0 Å². The molecule has 0 radical (unpaired) electrons. The van der Waals surface area contributed by atoms with Gasteiger partial charge in [-0.15, -0.1) is 0 Å². The third kappa shape index (κ3) is 2.14. The van der Waals surface area contributed by atoms with Crippen molar-refractivity contribution in [3.8, 4) is 5.75 Å². The van der Waals surface area contributed by atoms with E-state index < -0.39 is 0 Å². The van der Waals surface area contributed by atoms with Gasteiger partial charge in [-0.05, 0) is 24.3 Å². The Morgan fingerprint density at radius 3 is 3.00 bits per heavy atom. The van der Waals surface area contributed by atoms with Crippen molar-refractivity contribution in [3.63, 3.8) is 0 Å². The number of hydrogen-bond acceptors (Lipinski definition) is 4. The van der Waals surface area contributed by atoms with E-state index in [4.69, 9.17) is 14.9 Å². The largest absolute Gasteiger partial charge is 0.497 e. The van der Waals surface area contributed by atoms with Crippen LogP contribution >= 0.6 is 0 Å². The summed E-state index contributed by atoms with van der Waals surface area (Å²) in [6.07, 6.45) is 2.46. The highest BCUT2D eigenvalue weighted by Crippen LogP contribution is 2.23. The molecule has 0 saturated heterocycles. The van der Waals surface area contributed by atoms with Gasteiger partial charge >= 0.3 is 0 Å². The summed E-state index contributed by atoms with van der Waals surface area (Å²) in [5.74, 6) is 2.23. The summed E-state index contributed by atoms with van der Waals surface area (Å²) in [6.45, 7) is 0.738. The van der Waals surface area contributed by atoms with Gasteiger partial charge in [-0.2, -0.15) is 0 Å². The number of aromatic nitrogens is 2. The fourth-order valence-electron chi connectivity index (χ4n) is 2.17. The fourth-order valence-corrected chi connectivity index (χ4v) is 2.17. The molecule has 3 aromatic rings. The molecule has 0 saturated carbocycles. The Hall–Kier alpha value is -2.43. The highest BCUT2D eigenvalue weighted by molar-refractivity contribution is 5.79. The number of nitrogen functional groups attached to an aromatic ring is 1. The summed E-state index contributed by atoms with van der Waals surface area (Å²) in [5, 5.41) is 0. The Balaban J connectivity index is 1.92. The third-order valence-electron chi connectivity index (χ3n) is 3.15. The summed E-state index contributed by atoms with van der Waals surface area (Å²) in [6, 6.07) is 9.61. The van der Waals surface area contributed by atoms with Crippen molar-refractivity contribution in [2.75, 3.05) is 12.8 Å². The molecule has 2 aromatic heterocycles. The monoisotopic (exact) mass is 257 g/mol. The number of rotatable bonds is 4. The average Bonchev–Trinajstić information content (AvgIpc) is 3.02. The SMILES string of the molecule is COc1ccc2c(c1)nc(N)n2CCc1ccco1. The quantitative estimate of drug-likeness (QED) is 0.779. The zero-order valence-corrected chi connectivity index (χ0v) is 10.7. The number of furan rings is 1. The smallest absolute Gasteiger partial charge is 0.201 e. The van der Waals surface area contributed by atoms with Gasteiger partial charge in [0.2, 0.25) is 5.95 Å². The molecule has 2 N–H and O–H groups in total. The van der Waals surface area contributed by atoms with Crippen molar-refractivity contribution in [3.05, 3.63) is 42.4 Å². The molecule has 1 aromatic carbocycles. The molecule has 3 rings (SSSR count). The normalized spacial score (nSPS) is 11.0. The Morgan fingerprint density at radius 2 is 2.26 bits per heavy atom. The van der Waals surface area contributed by atoms with Crippen LogP contribution in [0.15, 0.2) is 41.0 Å². The lowest BCUT2D eigenvalue weighted by atomic mass is 10.3. The third-order valence-corrected chi connectivity index (χ3v) is 3.15. The second kappa shape index (κ2) is 4.68. The first kappa shape index (κ1) is 11.6. The molecular weight excluding hydrogens is 242 g/mol. The number of benzene rings is 1. The van der Waals surface area contributed by atoms with Crippen LogP contribution < -0.4 is 10.5 Å². The number of fused-ring (bicyclic) bond motifs is 1. The standard InChI is InChI=1S/C14H15N3O2/c1-18-11-4-5-13-12(9-11)16-14(15)17(13)7-6-10-3-2-8-19-10/h2-5,8-9H,6-7H2,1H3,(H2,15,16). The van der Waals surface area contributed by atoms with Gasteiger partial charge in [0.1, 0.15) is 11.5 Å². The van der Waals surface area contributed by atoms with Gasteiger partial charge in [-0.25, -0.2) is 4.98 Å². The molecule has 98 valence electrons. The Bertz CT molecular complexity index is 686. The predicted molar refractivity (Wildman–Crippen MR) is 73.1 cm³/mol. The fraction of sp³-hybridized carbons (Fsp3) is 0.214. The molecule has 0 aliphatic rings. The summed E-state index contributed by atoms with van der Waals surface area (Å²) in [4.78, 5) is 4.35. The van der Waals surface area contributed by atoms with Crippen LogP contribution in [0.5, 0.6) is 5.75 Å². The van der Waals surface area contributed by atoms with Gasteiger partial charge in [0.25, 0.3) is 0 Å². The van der Waals surface area contributed by atoms with Crippen LogP contribution in [0, 0.1) is 0 Å². The molecule has 5 heteroatoms. The molecular formula is C14H15N3O2. The molecule has 0 fully saturated rings. The Labute approximate surface area is 110 Å². The lowest BCUT2D eigenvalue weighted by Gasteiger charge is -2.05. The minimum absolute atomic E-state index is 0.509. The van der Waals surface area contributed by atoms with E-state index in [9.17, 15) is 0 Å². The lowest BCUT2D eigenvalue weighted by Crippen LogP contribution is -2.05. The van der Waals surface area contributed by atoms with Crippen molar-refractivity contribution in [1.82, 2.24) is 9.55 Å². The van der Waals surface area contributed by atoms with Crippen molar-refractivity contribution in [2.45, 2.75) is 13.0 Å². The molecule has 0 amide bonds. The highest BCUT2D eigenvalue weighted by atomic mass is 16.5. The van der Waals surface area contributed by atoms with Crippen molar-refractivity contribution < 1.29 is 9.15 Å². The summed E-state index contributed by atoms with van der Waals surface area (Å²) < 4.78 is 12.5. The number of nitrogens with two attached hydrogens (primary N) is 1. The second-order valence-corrected chi connectivity index (χ2v) is 4.31. The van der Waals surface area contributed by atoms with Crippen molar-refractivity contribution in [2.24, 2.45) is 0 Å². The minimum Gasteiger partial charge on any atom is -0.497 e. The van der Waals surface area contributed by atoms with E-state index in [2.05, 4.69) is 4.98 Å². The highest BCUT2D eigenvalue weighted by Gasteiger charge is 2.09. The Kier molecular flexibility index (Phi) is 2.87. The van der Waals surface area contributed by atoms with E-state index in [0.29, 0.717) is 5.95 Å². The topological polar surface area (TPSA) is 66.2 Å². The second-order valence-electron chi connectivity index (χ2n) is 4.31. The van der Waals surface area contributed by atoms with Crippen LogP contribution in [-0.4, -0.2) is 16.7 Å². The van der Waals surface area contributed by atoms with Crippen LogP contribution in [0.3, 0.4) is 0 Å². The predicted octanol–water partition coefficient (Wildman–Crippen LogP) is 2.46. The Morgan fingerprint density at radius 1 is 1.37 bits per heavy atom. The first-order valence-electron chi connectivity index (χ1n) is 6.10. The van der Waals surface area contributed by atoms with Gasteiger partial charge in [-0.1, -0.05) is 0 Å². The molecule has 0 spiro atoms. The van der Waals surface area contributed by atoms with E-state index in [1.54, 1.807) is 13.4 Å².